The van der Waals surface area contributed by atoms with Crippen molar-refractivity contribution in [1.82, 2.24) is 0 Å². The zero-order chi connectivity index (χ0) is 14.2. The van der Waals surface area contributed by atoms with Gasteiger partial charge in [0.15, 0.2) is 11.5 Å². The summed E-state index contributed by atoms with van der Waals surface area (Å²) >= 11 is 5.88. The Morgan fingerprint density at radius 3 is 2.40 bits per heavy atom. The summed E-state index contributed by atoms with van der Waals surface area (Å²) in [5.74, 6) is 2.26. The van der Waals surface area contributed by atoms with Gasteiger partial charge in [-0.3, -0.25) is 0 Å². The number of para-hydroxylation sites is 2. The van der Waals surface area contributed by atoms with Crippen LogP contribution in [0.3, 0.4) is 0 Å². The van der Waals surface area contributed by atoms with Crippen LogP contribution in [-0.2, 0) is 0 Å². The molecule has 2 aromatic carbocycles. The van der Waals surface area contributed by atoms with E-state index in [1.807, 2.05) is 42.5 Å². The zero-order valence-corrected chi connectivity index (χ0v) is 12.1. The van der Waals surface area contributed by atoms with Crippen molar-refractivity contribution in [2.24, 2.45) is 0 Å². The molecule has 0 aromatic heterocycles. The van der Waals surface area contributed by atoms with Crippen LogP contribution < -0.4 is 14.2 Å². The number of ether oxygens (including phenoxy) is 3. The molecule has 0 unspecified atom stereocenters. The summed E-state index contributed by atoms with van der Waals surface area (Å²) in [7, 11) is 1.63. The second kappa shape index (κ2) is 7.65. The number of hydrogen-bond acceptors (Lipinski definition) is 3. The lowest BCUT2D eigenvalue weighted by atomic mass is 10.3. The average Bonchev–Trinajstić information content (AvgIpc) is 2.47. The maximum atomic E-state index is 5.88. The summed E-state index contributed by atoms with van der Waals surface area (Å²) in [5, 5.41) is 0.674. The zero-order valence-electron chi connectivity index (χ0n) is 11.3. The van der Waals surface area contributed by atoms with Crippen LogP contribution in [0.15, 0.2) is 48.5 Å². The number of hydrogen-bond donors (Lipinski definition) is 0. The van der Waals surface area contributed by atoms with Crippen molar-refractivity contribution >= 4 is 11.6 Å². The van der Waals surface area contributed by atoms with Crippen LogP contribution in [0.2, 0.25) is 5.02 Å². The third-order valence-electron chi connectivity index (χ3n) is 2.68. The van der Waals surface area contributed by atoms with E-state index >= 15 is 0 Å². The monoisotopic (exact) mass is 292 g/mol. The number of rotatable bonds is 7. The van der Waals surface area contributed by atoms with Crippen molar-refractivity contribution in [2.75, 3.05) is 20.3 Å². The first-order valence-electron chi connectivity index (χ1n) is 6.44. The van der Waals surface area contributed by atoms with Gasteiger partial charge in [-0.15, -0.1) is 0 Å². The Balaban J connectivity index is 1.71. The normalized spacial score (nSPS) is 10.1. The molecule has 0 aliphatic carbocycles. The minimum atomic E-state index is 0.570. The predicted octanol–water partition coefficient (Wildman–Crippen LogP) is 4.20. The topological polar surface area (TPSA) is 27.7 Å². The fraction of sp³-hybridized carbons (Fsp3) is 0.250. The Morgan fingerprint density at radius 1 is 0.900 bits per heavy atom. The smallest absolute Gasteiger partial charge is 0.161 e. The molecule has 0 N–H and O–H groups in total. The van der Waals surface area contributed by atoms with Gasteiger partial charge in [-0.2, -0.15) is 0 Å². The molecule has 0 spiro atoms. The maximum absolute atomic E-state index is 5.88. The Labute approximate surface area is 124 Å². The highest BCUT2D eigenvalue weighted by Gasteiger charge is 2.02. The van der Waals surface area contributed by atoms with Gasteiger partial charge in [0.2, 0.25) is 0 Å². The van der Waals surface area contributed by atoms with E-state index in [-0.39, 0.29) is 0 Å². The van der Waals surface area contributed by atoms with Crippen molar-refractivity contribution in [1.29, 1.82) is 0 Å². The fourth-order valence-corrected chi connectivity index (χ4v) is 1.91. The summed E-state index contributed by atoms with van der Waals surface area (Å²) in [5.41, 5.74) is 0. The highest BCUT2D eigenvalue weighted by atomic mass is 35.5. The van der Waals surface area contributed by atoms with Gasteiger partial charge in [0, 0.05) is 11.4 Å². The lowest BCUT2D eigenvalue weighted by molar-refractivity contribution is 0.240. The number of halogens is 1. The van der Waals surface area contributed by atoms with Crippen molar-refractivity contribution in [3.63, 3.8) is 0 Å². The van der Waals surface area contributed by atoms with E-state index in [4.69, 9.17) is 25.8 Å². The van der Waals surface area contributed by atoms with Crippen LogP contribution in [0.4, 0.5) is 0 Å². The molecule has 0 radical (unpaired) electrons. The summed E-state index contributed by atoms with van der Waals surface area (Å²) < 4.78 is 16.5. The van der Waals surface area contributed by atoms with Gasteiger partial charge >= 0.3 is 0 Å². The second-order valence-corrected chi connectivity index (χ2v) is 4.60. The molecule has 0 saturated carbocycles. The van der Waals surface area contributed by atoms with Gasteiger partial charge in [0.05, 0.1) is 20.3 Å². The van der Waals surface area contributed by atoms with Gasteiger partial charge in [-0.1, -0.05) is 29.8 Å². The average molecular weight is 293 g/mol. The summed E-state index contributed by atoms with van der Waals surface area (Å²) in [4.78, 5) is 0. The van der Waals surface area contributed by atoms with E-state index in [1.54, 1.807) is 13.2 Å². The molecular weight excluding hydrogens is 276 g/mol. The summed E-state index contributed by atoms with van der Waals surface area (Å²) in [6, 6.07) is 14.9. The van der Waals surface area contributed by atoms with Gasteiger partial charge in [0.1, 0.15) is 5.75 Å². The minimum Gasteiger partial charge on any atom is -0.493 e. The first-order chi connectivity index (χ1) is 9.79. The molecule has 20 heavy (non-hydrogen) atoms. The molecular formula is C16H17ClO3. The van der Waals surface area contributed by atoms with Crippen LogP contribution in [0.25, 0.3) is 0 Å². The molecule has 0 aliphatic rings. The van der Waals surface area contributed by atoms with Crippen LogP contribution in [-0.4, -0.2) is 20.3 Å². The van der Waals surface area contributed by atoms with Crippen molar-refractivity contribution in [3.05, 3.63) is 53.6 Å². The molecule has 2 rings (SSSR count). The Hall–Kier alpha value is -1.87. The van der Waals surface area contributed by atoms with Crippen molar-refractivity contribution in [2.45, 2.75) is 6.42 Å². The first-order valence-corrected chi connectivity index (χ1v) is 6.81. The van der Waals surface area contributed by atoms with E-state index in [1.165, 1.54) is 0 Å². The third kappa shape index (κ3) is 4.35. The molecule has 3 nitrogen and oxygen atoms in total. The molecule has 0 atom stereocenters. The second-order valence-electron chi connectivity index (χ2n) is 4.16. The minimum absolute atomic E-state index is 0.570. The number of benzene rings is 2. The van der Waals surface area contributed by atoms with Gasteiger partial charge in [-0.05, 0) is 30.3 Å². The lowest BCUT2D eigenvalue weighted by Gasteiger charge is -2.10. The highest BCUT2D eigenvalue weighted by molar-refractivity contribution is 6.30. The van der Waals surface area contributed by atoms with E-state index in [0.717, 1.165) is 23.7 Å². The van der Waals surface area contributed by atoms with Gasteiger partial charge in [0.25, 0.3) is 0 Å². The molecule has 0 fully saturated rings. The van der Waals surface area contributed by atoms with E-state index in [2.05, 4.69) is 0 Å². The van der Waals surface area contributed by atoms with Crippen LogP contribution in [0.5, 0.6) is 17.2 Å². The molecule has 0 aliphatic heterocycles. The molecule has 0 amide bonds. The Kier molecular flexibility index (Phi) is 5.56. The highest BCUT2D eigenvalue weighted by Crippen LogP contribution is 2.25. The fourth-order valence-electron chi connectivity index (χ4n) is 1.73. The molecule has 0 saturated heterocycles. The van der Waals surface area contributed by atoms with E-state index < -0.39 is 0 Å². The van der Waals surface area contributed by atoms with Crippen LogP contribution in [0.1, 0.15) is 6.42 Å². The Morgan fingerprint density at radius 2 is 1.65 bits per heavy atom. The lowest BCUT2D eigenvalue weighted by Crippen LogP contribution is -2.05. The van der Waals surface area contributed by atoms with Gasteiger partial charge in [-0.25, -0.2) is 0 Å². The van der Waals surface area contributed by atoms with Crippen molar-refractivity contribution < 1.29 is 14.2 Å². The van der Waals surface area contributed by atoms with E-state index in [9.17, 15) is 0 Å². The standard InChI is InChI=1S/C16H17ClO3/c1-18-15-8-2-3-9-16(15)20-11-5-10-19-14-7-4-6-13(17)12-14/h2-4,6-9,12H,5,10-11H2,1H3. The molecule has 0 heterocycles. The predicted molar refractivity (Wildman–Crippen MR) is 80.1 cm³/mol. The Bertz CT molecular complexity index is 543. The molecule has 0 bridgehead atoms. The third-order valence-corrected chi connectivity index (χ3v) is 2.92. The summed E-state index contributed by atoms with van der Waals surface area (Å²) in [6.07, 6.45) is 0.782. The molecule has 2 aromatic rings. The van der Waals surface area contributed by atoms with Crippen LogP contribution in [0, 0.1) is 0 Å². The molecule has 4 heteroatoms. The maximum Gasteiger partial charge on any atom is 0.161 e. The van der Waals surface area contributed by atoms with Gasteiger partial charge < -0.3 is 14.2 Å². The van der Waals surface area contributed by atoms with Crippen LogP contribution >= 0.6 is 11.6 Å². The van der Waals surface area contributed by atoms with E-state index in [0.29, 0.717) is 18.2 Å². The largest absolute Gasteiger partial charge is 0.493 e. The number of methoxy groups -OCH3 is 1. The molecule has 106 valence electrons. The SMILES string of the molecule is COc1ccccc1OCCCOc1cccc(Cl)c1. The first kappa shape index (κ1) is 14.5. The quantitative estimate of drug-likeness (QED) is 0.716. The summed E-state index contributed by atoms with van der Waals surface area (Å²) in [6.45, 7) is 1.15. The van der Waals surface area contributed by atoms with Crippen molar-refractivity contribution in [3.8, 4) is 17.2 Å².